The first kappa shape index (κ1) is 10.7. The SMILES string of the molecule is [CH2]C(C)(C)NOC(=O)c1ccccc1. The van der Waals surface area contributed by atoms with Gasteiger partial charge in [0.1, 0.15) is 0 Å². The van der Waals surface area contributed by atoms with E-state index in [1.807, 2.05) is 19.9 Å². The molecule has 0 aliphatic rings. The molecule has 0 saturated carbocycles. The van der Waals surface area contributed by atoms with Gasteiger partial charge in [-0.2, -0.15) is 0 Å². The smallest absolute Gasteiger partial charge is 0.356 e. The van der Waals surface area contributed by atoms with Crippen LogP contribution in [0.15, 0.2) is 30.3 Å². The molecule has 75 valence electrons. The van der Waals surface area contributed by atoms with Crippen molar-refractivity contribution in [2.24, 2.45) is 0 Å². The number of hydroxylamine groups is 1. The van der Waals surface area contributed by atoms with E-state index in [9.17, 15) is 4.79 Å². The summed E-state index contributed by atoms with van der Waals surface area (Å²) in [5.41, 5.74) is 2.60. The Bertz CT molecular complexity index is 301. The molecule has 1 radical (unpaired) electrons. The largest absolute Gasteiger partial charge is 0.366 e. The molecular formula is C11H14NO2. The molecule has 0 aliphatic heterocycles. The predicted octanol–water partition coefficient (Wildman–Crippen LogP) is 1.96. The van der Waals surface area contributed by atoms with Crippen molar-refractivity contribution in [1.82, 2.24) is 5.48 Å². The summed E-state index contributed by atoms with van der Waals surface area (Å²) in [6.45, 7) is 7.37. The number of nitrogens with one attached hydrogen (secondary N) is 1. The third-order valence-electron chi connectivity index (χ3n) is 1.43. The molecule has 0 atom stereocenters. The van der Waals surface area contributed by atoms with Gasteiger partial charge in [-0.05, 0) is 32.9 Å². The van der Waals surface area contributed by atoms with Crippen LogP contribution >= 0.6 is 0 Å². The van der Waals surface area contributed by atoms with Crippen molar-refractivity contribution in [3.63, 3.8) is 0 Å². The van der Waals surface area contributed by atoms with E-state index in [-0.39, 0.29) is 0 Å². The molecule has 0 amide bonds. The third-order valence-corrected chi connectivity index (χ3v) is 1.43. The molecule has 0 unspecified atom stereocenters. The Labute approximate surface area is 84.0 Å². The van der Waals surface area contributed by atoms with Gasteiger partial charge in [0.2, 0.25) is 0 Å². The maximum atomic E-state index is 11.4. The lowest BCUT2D eigenvalue weighted by atomic mass is 10.1. The maximum Gasteiger partial charge on any atom is 0.356 e. The number of hydrogen-bond donors (Lipinski definition) is 1. The number of benzene rings is 1. The van der Waals surface area contributed by atoms with Crippen molar-refractivity contribution >= 4 is 5.97 Å². The summed E-state index contributed by atoms with van der Waals surface area (Å²) in [5.74, 6) is -0.401. The van der Waals surface area contributed by atoms with E-state index in [4.69, 9.17) is 4.84 Å². The Morgan fingerprint density at radius 1 is 1.36 bits per heavy atom. The summed E-state index contributed by atoms with van der Waals surface area (Å²) in [6.07, 6.45) is 0. The van der Waals surface area contributed by atoms with Gasteiger partial charge in [0.15, 0.2) is 0 Å². The topological polar surface area (TPSA) is 38.3 Å². The van der Waals surface area contributed by atoms with E-state index in [1.54, 1.807) is 24.3 Å². The highest BCUT2D eigenvalue weighted by atomic mass is 16.7. The number of carbonyl (C=O) groups excluding carboxylic acids is 1. The van der Waals surface area contributed by atoms with Crippen LogP contribution in [0.3, 0.4) is 0 Å². The van der Waals surface area contributed by atoms with Gasteiger partial charge in [-0.25, -0.2) is 4.79 Å². The Morgan fingerprint density at radius 3 is 2.43 bits per heavy atom. The number of carbonyl (C=O) groups is 1. The van der Waals surface area contributed by atoms with Crippen molar-refractivity contribution in [1.29, 1.82) is 0 Å². The van der Waals surface area contributed by atoms with E-state index < -0.39 is 11.5 Å². The molecule has 1 aromatic carbocycles. The molecule has 0 heterocycles. The zero-order chi connectivity index (χ0) is 10.6. The third kappa shape index (κ3) is 3.58. The summed E-state index contributed by atoms with van der Waals surface area (Å²) < 4.78 is 0. The van der Waals surface area contributed by atoms with Crippen LogP contribution < -0.4 is 5.48 Å². The molecule has 1 rings (SSSR count). The van der Waals surface area contributed by atoms with Crippen LogP contribution in [0.5, 0.6) is 0 Å². The normalized spacial score (nSPS) is 11.1. The lowest BCUT2D eigenvalue weighted by Gasteiger charge is -2.18. The first-order valence-corrected chi connectivity index (χ1v) is 4.38. The fourth-order valence-electron chi connectivity index (χ4n) is 0.818. The van der Waals surface area contributed by atoms with Crippen LogP contribution in [-0.2, 0) is 4.84 Å². The Hall–Kier alpha value is -1.35. The van der Waals surface area contributed by atoms with E-state index in [0.717, 1.165) is 0 Å². The first-order valence-electron chi connectivity index (χ1n) is 4.38. The second-order valence-electron chi connectivity index (χ2n) is 3.74. The highest BCUT2D eigenvalue weighted by Gasteiger charge is 2.13. The number of hydrogen-bond acceptors (Lipinski definition) is 3. The molecule has 1 aromatic rings. The predicted molar refractivity (Wildman–Crippen MR) is 54.4 cm³/mol. The van der Waals surface area contributed by atoms with Gasteiger partial charge in [0, 0.05) is 5.54 Å². The molecule has 0 saturated heterocycles. The van der Waals surface area contributed by atoms with Crippen molar-refractivity contribution < 1.29 is 9.63 Å². The van der Waals surface area contributed by atoms with Crippen molar-refractivity contribution in [2.45, 2.75) is 19.4 Å². The molecule has 3 heteroatoms. The molecule has 3 nitrogen and oxygen atoms in total. The van der Waals surface area contributed by atoms with Gasteiger partial charge >= 0.3 is 5.97 Å². The monoisotopic (exact) mass is 192 g/mol. The molecule has 0 aromatic heterocycles. The summed E-state index contributed by atoms with van der Waals surface area (Å²) in [7, 11) is 0. The molecular weight excluding hydrogens is 178 g/mol. The Kier molecular flexibility index (Phi) is 3.25. The second kappa shape index (κ2) is 4.24. The summed E-state index contributed by atoms with van der Waals surface area (Å²) >= 11 is 0. The van der Waals surface area contributed by atoms with E-state index in [2.05, 4.69) is 12.4 Å². The van der Waals surface area contributed by atoms with Crippen LogP contribution in [0.1, 0.15) is 24.2 Å². The minimum absolute atomic E-state index is 0.401. The van der Waals surface area contributed by atoms with Gasteiger partial charge in [-0.3, -0.25) is 0 Å². The Morgan fingerprint density at radius 2 is 1.93 bits per heavy atom. The van der Waals surface area contributed by atoms with Crippen molar-refractivity contribution in [3.8, 4) is 0 Å². The van der Waals surface area contributed by atoms with Crippen LogP contribution in [0.25, 0.3) is 0 Å². The molecule has 14 heavy (non-hydrogen) atoms. The van der Waals surface area contributed by atoms with Crippen molar-refractivity contribution in [2.75, 3.05) is 0 Å². The minimum atomic E-state index is -0.482. The summed E-state index contributed by atoms with van der Waals surface area (Å²) in [6, 6.07) is 8.80. The number of rotatable bonds is 3. The lowest BCUT2D eigenvalue weighted by molar-refractivity contribution is 0.00882. The van der Waals surface area contributed by atoms with Gasteiger partial charge in [0.25, 0.3) is 0 Å². The van der Waals surface area contributed by atoms with E-state index in [0.29, 0.717) is 5.56 Å². The maximum absolute atomic E-state index is 11.4. The average molecular weight is 192 g/mol. The molecule has 0 fully saturated rings. The quantitative estimate of drug-likeness (QED) is 0.744. The Balaban J connectivity index is 2.52. The van der Waals surface area contributed by atoms with Crippen LogP contribution in [0.2, 0.25) is 0 Å². The van der Waals surface area contributed by atoms with Crippen molar-refractivity contribution in [3.05, 3.63) is 42.8 Å². The van der Waals surface area contributed by atoms with Gasteiger partial charge in [-0.1, -0.05) is 18.2 Å². The highest BCUT2D eigenvalue weighted by molar-refractivity contribution is 5.89. The fraction of sp³-hybridized carbons (Fsp3) is 0.273. The van der Waals surface area contributed by atoms with Crippen LogP contribution in [-0.4, -0.2) is 11.5 Å². The molecule has 0 aliphatic carbocycles. The first-order chi connectivity index (χ1) is 6.49. The lowest BCUT2D eigenvalue weighted by Crippen LogP contribution is -2.37. The van der Waals surface area contributed by atoms with Crippen LogP contribution in [0, 0.1) is 6.92 Å². The molecule has 1 N–H and O–H groups in total. The summed E-state index contributed by atoms with van der Waals surface area (Å²) in [5, 5.41) is 0. The highest BCUT2D eigenvalue weighted by Crippen LogP contribution is 2.02. The summed E-state index contributed by atoms with van der Waals surface area (Å²) in [4.78, 5) is 16.2. The van der Waals surface area contributed by atoms with E-state index in [1.165, 1.54) is 0 Å². The van der Waals surface area contributed by atoms with Crippen LogP contribution in [0.4, 0.5) is 0 Å². The van der Waals surface area contributed by atoms with Gasteiger partial charge < -0.3 is 4.84 Å². The zero-order valence-electron chi connectivity index (χ0n) is 8.41. The van der Waals surface area contributed by atoms with Gasteiger partial charge in [-0.15, -0.1) is 5.48 Å². The standard InChI is InChI=1S/C11H14NO2/c1-11(2,3)12-14-10(13)9-7-5-4-6-8-9/h4-8,12H,1H2,2-3H3. The molecule has 0 bridgehead atoms. The second-order valence-corrected chi connectivity index (χ2v) is 3.74. The van der Waals surface area contributed by atoms with E-state index >= 15 is 0 Å². The molecule has 0 spiro atoms. The van der Waals surface area contributed by atoms with Gasteiger partial charge in [0.05, 0.1) is 5.56 Å². The fourth-order valence-corrected chi connectivity index (χ4v) is 0.818. The minimum Gasteiger partial charge on any atom is -0.366 e. The average Bonchev–Trinajstić information content (AvgIpc) is 2.14. The zero-order valence-corrected chi connectivity index (χ0v) is 8.41.